The number of hydrogen-bond donors (Lipinski definition) is 1. The Labute approximate surface area is 207 Å². The molecule has 0 bridgehead atoms. The van der Waals surface area contributed by atoms with Gasteiger partial charge in [-0.15, -0.1) is 0 Å². The fourth-order valence-electron chi connectivity index (χ4n) is 3.57. The van der Waals surface area contributed by atoms with E-state index in [-0.39, 0.29) is 54.6 Å². The molecule has 1 aliphatic rings. The quantitative estimate of drug-likeness (QED) is 0.317. The van der Waals surface area contributed by atoms with E-state index in [0.29, 0.717) is 25.2 Å². The normalized spacial score (nSPS) is 13.5. The minimum Gasteiger partial charge on any atom is -0.448 e. The number of ketones is 1. The van der Waals surface area contributed by atoms with E-state index in [1.165, 1.54) is 17.0 Å². The van der Waals surface area contributed by atoms with Crippen LogP contribution in [0.25, 0.3) is 11.4 Å². The van der Waals surface area contributed by atoms with E-state index in [0.717, 1.165) is 18.3 Å². The van der Waals surface area contributed by atoms with Gasteiger partial charge >= 0.3 is 12.3 Å². The second-order valence-electron chi connectivity index (χ2n) is 8.14. The topological polar surface area (TPSA) is 97.3 Å². The number of Topliss-reactive ketones (excluding diaryl/α,β-unsaturated/α-hetero) is 1. The number of carbonyl (C=O) groups is 2. The van der Waals surface area contributed by atoms with Gasteiger partial charge in [0.1, 0.15) is 29.8 Å². The summed E-state index contributed by atoms with van der Waals surface area (Å²) in [5, 5.41) is 2.80. The molecule has 3 aromatic rings. The third-order valence-electron chi connectivity index (χ3n) is 5.49. The standard InChI is InChI=1S/C24H20F5N5O3/c25-17-4-3-14(18(26)9-17)12-31-21-10-19(20(35)2-1-5-34-6-7-37-23(34)36)32-22(33-21)15-8-16(13-30-11-15)24(27,28)29/h3-4,8-11,13H,1-2,5-7,12H2,(H,31,32,33). The van der Waals surface area contributed by atoms with Crippen molar-refractivity contribution >= 4 is 17.7 Å². The third kappa shape index (κ3) is 6.54. The number of carbonyl (C=O) groups excluding carboxylic acids is 2. The summed E-state index contributed by atoms with van der Waals surface area (Å²) in [6.07, 6.45) is -3.04. The number of halogens is 5. The lowest BCUT2D eigenvalue weighted by Crippen LogP contribution is -2.25. The van der Waals surface area contributed by atoms with Crippen molar-refractivity contribution in [2.75, 3.05) is 25.0 Å². The van der Waals surface area contributed by atoms with Gasteiger partial charge in [0.2, 0.25) is 0 Å². The third-order valence-corrected chi connectivity index (χ3v) is 5.49. The van der Waals surface area contributed by atoms with Crippen molar-refractivity contribution in [3.05, 3.63) is 71.2 Å². The van der Waals surface area contributed by atoms with Crippen LogP contribution < -0.4 is 5.32 Å². The number of pyridine rings is 1. The predicted octanol–water partition coefficient (Wildman–Crippen LogP) is 4.86. The average Bonchev–Trinajstić information content (AvgIpc) is 3.27. The van der Waals surface area contributed by atoms with Crippen molar-refractivity contribution in [2.24, 2.45) is 0 Å². The number of ether oxygens (including phenoxy) is 1. The summed E-state index contributed by atoms with van der Waals surface area (Å²) in [4.78, 5) is 37.8. The molecule has 1 aromatic carbocycles. The number of benzene rings is 1. The zero-order valence-electron chi connectivity index (χ0n) is 19.2. The average molecular weight is 521 g/mol. The first-order chi connectivity index (χ1) is 17.6. The molecule has 0 spiro atoms. The molecule has 1 aliphatic heterocycles. The van der Waals surface area contributed by atoms with Crippen LogP contribution in [0.5, 0.6) is 0 Å². The van der Waals surface area contributed by atoms with Gasteiger partial charge in [0.05, 0.1) is 12.1 Å². The van der Waals surface area contributed by atoms with Gasteiger partial charge in [0.25, 0.3) is 0 Å². The van der Waals surface area contributed by atoms with Crippen LogP contribution in [0.4, 0.5) is 32.6 Å². The summed E-state index contributed by atoms with van der Waals surface area (Å²) in [6.45, 7) is 0.834. The van der Waals surface area contributed by atoms with Crippen LogP contribution in [-0.2, 0) is 17.5 Å². The van der Waals surface area contributed by atoms with Gasteiger partial charge in [0.15, 0.2) is 11.6 Å². The first-order valence-corrected chi connectivity index (χ1v) is 11.1. The molecule has 4 rings (SSSR count). The number of cyclic esters (lactones) is 1. The molecule has 2 aromatic heterocycles. The van der Waals surface area contributed by atoms with E-state index in [1.807, 2.05) is 0 Å². The highest BCUT2D eigenvalue weighted by atomic mass is 19.4. The molecular weight excluding hydrogens is 501 g/mol. The van der Waals surface area contributed by atoms with Crippen LogP contribution in [0.3, 0.4) is 0 Å². The SMILES string of the molecule is O=C(CCCN1CCOC1=O)c1cc(NCc2ccc(F)cc2F)nc(-c2cncc(C(F)(F)F)c2)n1. The van der Waals surface area contributed by atoms with E-state index in [9.17, 15) is 31.5 Å². The molecule has 3 heterocycles. The number of nitrogens with zero attached hydrogens (tertiary/aromatic N) is 4. The summed E-state index contributed by atoms with van der Waals surface area (Å²) in [6, 6.07) is 5.11. The molecule has 0 atom stereocenters. The molecule has 0 aliphatic carbocycles. The predicted molar refractivity (Wildman–Crippen MR) is 120 cm³/mol. The van der Waals surface area contributed by atoms with Crippen molar-refractivity contribution in [2.45, 2.75) is 25.6 Å². The highest BCUT2D eigenvalue weighted by molar-refractivity contribution is 5.95. The smallest absolute Gasteiger partial charge is 0.417 e. The first kappa shape index (κ1) is 25.9. The summed E-state index contributed by atoms with van der Waals surface area (Å²) in [5.41, 5.74) is -1.09. The highest BCUT2D eigenvalue weighted by Crippen LogP contribution is 2.31. The Bertz CT molecular complexity index is 1320. The Morgan fingerprint density at radius 3 is 2.62 bits per heavy atom. The Hall–Kier alpha value is -4.16. The van der Waals surface area contributed by atoms with E-state index >= 15 is 0 Å². The molecule has 37 heavy (non-hydrogen) atoms. The minimum absolute atomic E-state index is 0.00684. The Morgan fingerprint density at radius 2 is 1.92 bits per heavy atom. The number of amides is 1. The van der Waals surface area contributed by atoms with E-state index < -0.39 is 35.3 Å². The van der Waals surface area contributed by atoms with Crippen LogP contribution in [0.2, 0.25) is 0 Å². The number of rotatable bonds is 9. The maximum absolute atomic E-state index is 14.0. The molecule has 0 saturated carbocycles. The lowest BCUT2D eigenvalue weighted by Gasteiger charge is -2.13. The molecule has 1 saturated heterocycles. The van der Waals surface area contributed by atoms with Crippen LogP contribution in [-0.4, -0.2) is 51.4 Å². The Kier molecular flexibility index (Phi) is 7.60. The molecule has 1 amide bonds. The lowest BCUT2D eigenvalue weighted by atomic mass is 10.1. The van der Waals surface area contributed by atoms with E-state index in [1.54, 1.807) is 0 Å². The minimum atomic E-state index is -4.66. The molecule has 8 nitrogen and oxygen atoms in total. The van der Waals surface area contributed by atoms with Crippen molar-refractivity contribution < 1.29 is 36.3 Å². The molecular formula is C24H20F5N5O3. The largest absolute Gasteiger partial charge is 0.448 e. The second-order valence-corrected chi connectivity index (χ2v) is 8.14. The zero-order chi connectivity index (χ0) is 26.6. The van der Waals surface area contributed by atoms with Crippen molar-refractivity contribution in [1.82, 2.24) is 19.9 Å². The summed E-state index contributed by atoms with van der Waals surface area (Å²) >= 11 is 0. The van der Waals surface area contributed by atoms with Gasteiger partial charge in [-0.25, -0.2) is 23.5 Å². The monoisotopic (exact) mass is 521 g/mol. The van der Waals surface area contributed by atoms with Crippen LogP contribution in [0, 0.1) is 11.6 Å². The Balaban J connectivity index is 1.59. The van der Waals surface area contributed by atoms with Gasteiger partial charge in [-0.3, -0.25) is 9.78 Å². The number of alkyl halides is 3. The van der Waals surface area contributed by atoms with Gasteiger partial charge in [-0.1, -0.05) is 6.07 Å². The fraction of sp³-hybridized carbons (Fsp3) is 0.292. The summed E-state index contributed by atoms with van der Waals surface area (Å²) in [5.74, 6) is -2.15. The van der Waals surface area contributed by atoms with E-state index in [4.69, 9.17) is 4.74 Å². The lowest BCUT2D eigenvalue weighted by molar-refractivity contribution is -0.137. The molecule has 1 N–H and O–H groups in total. The van der Waals surface area contributed by atoms with Gasteiger partial charge in [-0.2, -0.15) is 13.2 Å². The van der Waals surface area contributed by atoms with Crippen LogP contribution in [0.1, 0.15) is 34.5 Å². The maximum Gasteiger partial charge on any atom is 0.417 e. The van der Waals surface area contributed by atoms with Crippen LogP contribution in [0.15, 0.2) is 42.7 Å². The van der Waals surface area contributed by atoms with Crippen molar-refractivity contribution in [3.8, 4) is 11.4 Å². The highest BCUT2D eigenvalue weighted by Gasteiger charge is 2.31. The van der Waals surface area contributed by atoms with Crippen LogP contribution >= 0.6 is 0 Å². The number of nitrogens with one attached hydrogen (secondary N) is 1. The molecule has 1 fully saturated rings. The molecule has 13 heteroatoms. The number of aromatic nitrogens is 3. The Morgan fingerprint density at radius 1 is 1.11 bits per heavy atom. The molecule has 0 radical (unpaired) electrons. The fourth-order valence-corrected chi connectivity index (χ4v) is 3.57. The second kappa shape index (κ2) is 10.8. The summed E-state index contributed by atoms with van der Waals surface area (Å²) < 4.78 is 71.7. The van der Waals surface area contributed by atoms with Gasteiger partial charge in [-0.05, 0) is 18.6 Å². The first-order valence-electron chi connectivity index (χ1n) is 11.1. The number of anilines is 1. The van der Waals surface area contributed by atoms with Gasteiger partial charge in [0, 0.05) is 55.2 Å². The molecule has 194 valence electrons. The van der Waals surface area contributed by atoms with Crippen molar-refractivity contribution in [1.29, 1.82) is 0 Å². The number of hydrogen-bond acceptors (Lipinski definition) is 7. The van der Waals surface area contributed by atoms with Crippen molar-refractivity contribution in [3.63, 3.8) is 0 Å². The maximum atomic E-state index is 14.0. The van der Waals surface area contributed by atoms with E-state index in [2.05, 4.69) is 20.3 Å². The van der Waals surface area contributed by atoms with Gasteiger partial charge < -0.3 is 15.0 Å². The zero-order valence-corrected chi connectivity index (χ0v) is 19.2. The summed E-state index contributed by atoms with van der Waals surface area (Å²) in [7, 11) is 0. The molecule has 0 unspecified atom stereocenters.